The molecule has 4 saturated heterocycles. The van der Waals surface area contributed by atoms with Gasteiger partial charge >= 0.3 is 23.9 Å². The molecule has 2 spiro atoms. The van der Waals surface area contributed by atoms with Crippen molar-refractivity contribution < 1.29 is 101 Å². The van der Waals surface area contributed by atoms with Crippen LogP contribution in [0.2, 0.25) is 0 Å². The van der Waals surface area contributed by atoms with Crippen molar-refractivity contribution >= 4 is 47.4 Å². The third-order valence-electron chi connectivity index (χ3n) is 25.4. The maximum Gasteiger partial charge on any atom is 0.331 e. The summed E-state index contributed by atoms with van der Waals surface area (Å²) in [6, 6.07) is 9.39. The Bertz CT molecular complexity index is 5110. The van der Waals surface area contributed by atoms with Crippen LogP contribution < -0.4 is 67.5 Å². The number of fused-ring (bicyclic) bond motifs is 18. The van der Waals surface area contributed by atoms with Gasteiger partial charge in [-0.1, -0.05) is 34.4 Å². The zero-order valence-corrected chi connectivity index (χ0v) is 68.9. The molecule has 0 amide bonds. The van der Waals surface area contributed by atoms with E-state index in [1.54, 1.807) is 38.5 Å². The quantitative estimate of drug-likeness (QED) is 0.0628. The minimum absolute atomic E-state index is 0. The predicted molar refractivity (Wildman–Crippen MR) is 441 cm³/mol. The van der Waals surface area contributed by atoms with Gasteiger partial charge in [0.1, 0.15) is 37.0 Å². The molecule has 118 heavy (non-hydrogen) atoms. The fraction of sp³-hybridized carbons (Fsp3) is 0.534. The molecule has 4 fully saturated rings. The highest BCUT2D eigenvalue weighted by Gasteiger charge is 2.65. The van der Waals surface area contributed by atoms with E-state index >= 15 is 0 Å². The zero-order valence-electron chi connectivity index (χ0n) is 67.3. The van der Waals surface area contributed by atoms with Gasteiger partial charge in [-0.05, 0) is 164 Å². The molecule has 0 radical (unpaired) electrons. The number of nitrogens with zero attached hydrogens (tertiary/aromatic N) is 5. The van der Waals surface area contributed by atoms with Crippen LogP contribution in [0.1, 0.15) is 188 Å². The maximum absolute atomic E-state index is 14.9. The largest absolute Gasteiger partial charge is 0.504 e. The SMILES string of the molecule is C.C.C.COc1cc2c(cc1O)CCN[C@]21CS[C@@H]2c3c(OC(C)=O)c(C)c4c(c3[C@H](COC1=O)N1C2[C@H]2c3c(cc(C)c(OC)c3OC(C)C)C[C@@H]([C@@H]1C#N)N2C)OCO4.COc1cc2c(cc1O)CCN[C@]21CS[C@@H]2c3c(OC(C)=O)c(C)c4c(c3[C@H](COC1=O)N1C2[C@H]2c3c(cc(C)c(OC)c3OC(C)C)C[C@@H]([C@@H]1O)N2C)OCO4. The number of nitrogens with one attached hydrogen (secondary N) is 2. The average Bonchev–Trinajstić information content (AvgIpc) is 0.929. The van der Waals surface area contributed by atoms with Crippen molar-refractivity contribution in [3.05, 3.63) is 125 Å². The Kier molecular flexibility index (Phi) is 23.1. The van der Waals surface area contributed by atoms with E-state index in [0.29, 0.717) is 130 Å². The molecule has 14 heterocycles. The highest BCUT2D eigenvalue weighted by molar-refractivity contribution is 7.99. The van der Waals surface area contributed by atoms with Gasteiger partial charge in [-0.2, -0.15) is 5.26 Å². The number of benzene rings is 6. The van der Waals surface area contributed by atoms with Crippen molar-refractivity contribution in [2.45, 2.75) is 212 Å². The normalized spacial score (nSPS) is 27.6. The molecule has 14 aliphatic rings. The van der Waals surface area contributed by atoms with Gasteiger partial charge in [0, 0.05) is 101 Å². The topological polar surface area (TPSA) is 319 Å². The molecule has 14 atom stereocenters. The summed E-state index contributed by atoms with van der Waals surface area (Å²) < 4.78 is 86.7. The molecule has 634 valence electrons. The number of thioether (sulfide) groups is 2. The molecule has 8 bridgehead atoms. The lowest BCUT2D eigenvalue weighted by molar-refractivity contribution is -0.186. The van der Waals surface area contributed by atoms with Gasteiger partial charge in [-0.25, -0.2) is 9.59 Å². The number of rotatable bonds is 10. The van der Waals surface area contributed by atoms with E-state index in [2.05, 4.69) is 55.5 Å². The van der Waals surface area contributed by atoms with Crippen LogP contribution >= 0.6 is 23.5 Å². The van der Waals surface area contributed by atoms with E-state index in [1.807, 2.05) is 62.4 Å². The first kappa shape index (κ1) is 85.1. The minimum atomic E-state index is -1.34. The molecular formula is C88H109N7O21S2. The van der Waals surface area contributed by atoms with Crippen LogP contribution in [-0.2, 0) is 65.4 Å². The number of hydrogen-bond donors (Lipinski definition) is 5. The van der Waals surface area contributed by atoms with E-state index in [4.69, 9.17) is 66.3 Å². The summed E-state index contributed by atoms with van der Waals surface area (Å²) in [5.41, 5.74) is 10.3. The Balaban J connectivity index is 0.000000189. The molecule has 30 heteroatoms. The molecule has 6 aromatic rings. The molecule has 2 unspecified atom stereocenters. The number of aliphatic hydroxyl groups excluding tert-OH is 1. The first-order valence-corrected chi connectivity index (χ1v) is 41.2. The molecule has 0 aromatic heterocycles. The maximum atomic E-state index is 14.9. The third-order valence-corrected chi connectivity index (χ3v) is 28.3. The molecule has 14 aliphatic heterocycles. The fourth-order valence-electron chi connectivity index (χ4n) is 20.8. The number of carbonyl (C=O) groups is 4. The number of aromatic hydroxyl groups is 2. The molecule has 20 rings (SSSR count). The molecule has 0 saturated carbocycles. The summed E-state index contributed by atoms with van der Waals surface area (Å²) in [7, 11) is 10.4. The number of phenols is 2. The lowest BCUT2D eigenvalue weighted by Gasteiger charge is -2.62. The fourth-order valence-corrected chi connectivity index (χ4v) is 24.2. The predicted octanol–water partition coefficient (Wildman–Crippen LogP) is 11.5. The highest BCUT2D eigenvalue weighted by atomic mass is 32.2. The first-order valence-electron chi connectivity index (χ1n) is 39.1. The number of piperazine rings is 2. The summed E-state index contributed by atoms with van der Waals surface area (Å²) >= 11 is 3.06. The second kappa shape index (κ2) is 32.0. The third kappa shape index (κ3) is 12.8. The van der Waals surface area contributed by atoms with E-state index in [1.165, 1.54) is 51.6 Å². The Labute approximate surface area is 697 Å². The number of phenolic OH excluding ortho intramolecular Hbond substituents is 2. The van der Waals surface area contributed by atoms with Gasteiger partial charge in [-0.15, -0.1) is 23.5 Å². The van der Waals surface area contributed by atoms with Crippen molar-refractivity contribution in [3.63, 3.8) is 0 Å². The molecule has 5 N–H and O–H groups in total. The van der Waals surface area contributed by atoms with E-state index < -0.39 is 81.9 Å². The summed E-state index contributed by atoms with van der Waals surface area (Å²) in [6.45, 7) is 19.0. The monoisotopic (exact) mass is 1660 g/mol. The molecule has 6 aromatic carbocycles. The van der Waals surface area contributed by atoms with Gasteiger partial charge < -0.3 is 81.6 Å². The average molecular weight is 1670 g/mol. The first-order chi connectivity index (χ1) is 55.1. The second-order valence-electron chi connectivity index (χ2n) is 32.3. The van der Waals surface area contributed by atoms with Gasteiger partial charge in [0.05, 0.1) is 87.4 Å². The lowest BCUT2D eigenvalue weighted by Crippen LogP contribution is -2.70. The van der Waals surface area contributed by atoms with E-state index in [9.17, 15) is 39.8 Å². The van der Waals surface area contributed by atoms with E-state index in [-0.39, 0.29) is 120 Å². The minimum Gasteiger partial charge on any atom is -0.504 e. The number of likely N-dealkylation sites (N-methyl/N-ethyl adjacent to an activating group) is 2. The number of ether oxygens (including phenoxy) is 14. The molecular weight excluding hydrogens is 1560 g/mol. The Morgan fingerprint density at radius 3 is 1.36 bits per heavy atom. The number of esters is 4. The van der Waals surface area contributed by atoms with Crippen LogP contribution in [0, 0.1) is 39.0 Å². The van der Waals surface area contributed by atoms with Gasteiger partial charge in [0.25, 0.3) is 0 Å². The smallest absolute Gasteiger partial charge is 0.331 e. The van der Waals surface area contributed by atoms with Gasteiger partial charge in [-0.3, -0.25) is 39.8 Å². The zero-order chi connectivity index (χ0) is 81.2. The summed E-state index contributed by atoms with van der Waals surface area (Å²) in [6.07, 6.45) is 0.914. The number of aryl methyl sites for hydroxylation is 2. The van der Waals surface area contributed by atoms with Crippen LogP contribution in [0.25, 0.3) is 0 Å². The van der Waals surface area contributed by atoms with Crippen molar-refractivity contribution in [2.24, 2.45) is 0 Å². The highest BCUT2D eigenvalue weighted by Crippen LogP contribution is 2.68. The Morgan fingerprint density at radius 1 is 0.542 bits per heavy atom. The Hall–Kier alpha value is -9.29. The van der Waals surface area contributed by atoms with Crippen molar-refractivity contribution in [3.8, 4) is 86.6 Å². The standard InChI is InChI=1S/C43H48N4O10S.C42H49N3O11S.3CH4/c1-19(2)56-40-31-24(11-20(3)36(40)52-8)12-26-27(15-44)47-28-16-53-42(50)43(25-14-30(51-7)29(49)13-23(25)9-10-45-43)17-58-41(35(47)34(31)46(26)6)33-32(28)39-38(54-18-55-39)21(4)37(33)57-22(5)48;1-18(2)55-38-29-23(11-19(3)34(38)51-8)12-25-40(48)45-26-15-52-41(49)42(24-14-28(50-7)27(47)13-22(24)9-10-43-42)16-57-39(33(45)32(29)44(25)6)31-30(26)37-36(53-17-54-37)20(4)35(31)56-21(5)46;;;/h11,13-14,19,26-28,34-35,41,45,49H,9-10,12,16-18H2,1-8H3;11,13-14,18,25-26,32-33,39-40,43,47-48H,9-10,12,15-17H2,1-8H3;3*1H4/t26-,27-,28-,34+,35?,41+,43+;25-,26-,32+,33?,39+,40-,42+;;;/m00.../s1. The second-order valence-corrected chi connectivity index (χ2v) is 34.6. The van der Waals surface area contributed by atoms with Crippen LogP contribution in [0.4, 0.5) is 0 Å². The number of methoxy groups -OCH3 is 4. The van der Waals surface area contributed by atoms with Crippen molar-refractivity contribution in [1.29, 1.82) is 5.26 Å². The van der Waals surface area contributed by atoms with Crippen LogP contribution in [0.5, 0.6) is 80.5 Å². The van der Waals surface area contributed by atoms with Crippen molar-refractivity contribution in [1.82, 2.24) is 30.2 Å². The summed E-state index contributed by atoms with van der Waals surface area (Å²) in [5, 5.41) is 51.6. The number of nitriles is 1. The molecule has 28 nitrogen and oxygen atoms in total. The molecule has 0 aliphatic carbocycles. The number of aliphatic hydroxyl groups is 1. The van der Waals surface area contributed by atoms with E-state index in [0.717, 1.165) is 55.6 Å². The summed E-state index contributed by atoms with van der Waals surface area (Å²) in [5.74, 6) is 4.10. The Morgan fingerprint density at radius 2 is 0.949 bits per heavy atom. The van der Waals surface area contributed by atoms with Crippen LogP contribution in [0.3, 0.4) is 0 Å². The van der Waals surface area contributed by atoms with Crippen molar-refractivity contribution in [2.75, 3.05) is 93.9 Å². The van der Waals surface area contributed by atoms with Crippen LogP contribution in [-0.4, -0.2) is 201 Å². The lowest BCUT2D eigenvalue weighted by atomic mass is 9.71. The van der Waals surface area contributed by atoms with Gasteiger partial charge in [0.2, 0.25) is 13.6 Å². The summed E-state index contributed by atoms with van der Waals surface area (Å²) in [4.78, 5) is 64.6. The van der Waals surface area contributed by atoms with Crippen LogP contribution in [0.15, 0.2) is 36.4 Å². The number of hydrogen-bond acceptors (Lipinski definition) is 30. The number of carbonyl (C=O) groups excluding carboxylic acids is 4. The van der Waals surface area contributed by atoms with Gasteiger partial charge in [0.15, 0.2) is 80.1 Å².